The van der Waals surface area contributed by atoms with Crippen LogP contribution in [0.2, 0.25) is 0 Å². The molecule has 17 heavy (non-hydrogen) atoms. The number of hydrogen-bond donors (Lipinski definition) is 1. The Morgan fingerprint density at radius 3 is 2.12 bits per heavy atom. The molecule has 0 aliphatic carbocycles. The van der Waals surface area contributed by atoms with Crippen LogP contribution in [0.15, 0.2) is 42.5 Å². The van der Waals surface area contributed by atoms with Crippen LogP contribution in [0.25, 0.3) is 11.1 Å². The van der Waals surface area contributed by atoms with E-state index in [-0.39, 0.29) is 0 Å². The van der Waals surface area contributed by atoms with Crippen molar-refractivity contribution in [2.75, 3.05) is 0 Å². The van der Waals surface area contributed by atoms with Gasteiger partial charge in [0.05, 0.1) is 0 Å². The molecule has 0 aliphatic heterocycles. The van der Waals surface area contributed by atoms with Gasteiger partial charge in [0, 0.05) is 0 Å². The highest BCUT2D eigenvalue weighted by Crippen LogP contribution is 2.27. The highest BCUT2D eigenvalue weighted by atomic mass is 16.3. The van der Waals surface area contributed by atoms with E-state index in [4.69, 9.17) is 0 Å². The lowest BCUT2D eigenvalue weighted by molar-refractivity contribution is 0.475. The zero-order valence-corrected chi connectivity index (χ0v) is 10.6. The summed E-state index contributed by atoms with van der Waals surface area (Å²) in [6, 6.07) is 14.0. The molecule has 0 fully saturated rings. The molecule has 0 saturated heterocycles. The van der Waals surface area contributed by atoms with Gasteiger partial charge in [0.1, 0.15) is 5.75 Å². The van der Waals surface area contributed by atoms with Crippen LogP contribution in [0.4, 0.5) is 0 Å². The summed E-state index contributed by atoms with van der Waals surface area (Å²) >= 11 is 0. The van der Waals surface area contributed by atoms with E-state index in [0.29, 0.717) is 11.7 Å². The second-order valence-corrected chi connectivity index (χ2v) is 4.83. The molecule has 0 unspecified atom stereocenters. The van der Waals surface area contributed by atoms with Gasteiger partial charge in [0.25, 0.3) is 0 Å². The molecule has 2 rings (SSSR count). The number of hydrogen-bond acceptors (Lipinski definition) is 1. The minimum atomic E-state index is 0.311. The largest absolute Gasteiger partial charge is 0.508 e. The SMILES string of the molecule is Cc1cc(-c2ccc(O)cc2)cc(C(C)C)c1. The minimum Gasteiger partial charge on any atom is -0.508 e. The average Bonchev–Trinajstić information content (AvgIpc) is 2.29. The highest BCUT2D eigenvalue weighted by Gasteiger charge is 2.04. The fourth-order valence-electron chi connectivity index (χ4n) is 1.97. The molecule has 2 aromatic rings. The van der Waals surface area contributed by atoms with Crippen LogP contribution in [-0.2, 0) is 0 Å². The molecule has 1 nitrogen and oxygen atoms in total. The van der Waals surface area contributed by atoms with Crippen molar-refractivity contribution in [2.24, 2.45) is 0 Å². The van der Waals surface area contributed by atoms with E-state index in [0.717, 1.165) is 5.56 Å². The smallest absolute Gasteiger partial charge is 0.115 e. The van der Waals surface area contributed by atoms with Crippen molar-refractivity contribution >= 4 is 0 Å². The fraction of sp³-hybridized carbons (Fsp3) is 0.250. The quantitative estimate of drug-likeness (QED) is 0.799. The van der Waals surface area contributed by atoms with Crippen molar-refractivity contribution in [3.63, 3.8) is 0 Å². The van der Waals surface area contributed by atoms with E-state index in [1.807, 2.05) is 12.1 Å². The lowest BCUT2D eigenvalue weighted by Gasteiger charge is -2.10. The van der Waals surface area contributed by atoms with Crippen LogP contribution >= 0.6 is 0 Å². The van der Waals surface area contributed by atoms with Gasteiger partial charge in [0.2, 0.25) is 0 Å². The summed E-state index contributed by atoms with van der Waals surface area (Å²) in [5, 5.41) is 9.30. The minimum absolute atomic E-state index is 0.311. The standard InChI is InChI=1S/C16H18O/c1-11(2)14-8-12(3)9-15(10-14)13-4-6-16(17)7-5-13/h4-11,17H,1-3H3. The predicted molar refractivity (Wildman–Crippen MR) is 72.4 cm³/mol. The molecular weight excluding hydrogens is 208 g/mol. The molecule has 0 amide bonds. The van der Waals surface area contributed by atoms with Gasteiger partial charge in [-0.1, -0.05) is 49.7 Å². The van der Waals surface area contributed by atoms with E-state index in [2.05, 4.69) is 39.0 Å². The second-order valence-electron chi connectivity index (χ2n) is 4.83. The highest BCUT2D eigenvalue weighted by molar-refractivity contribution is 5.66. The lowest BCUT2D eigenvalue weighted by atomic mass is 9.95. The maximum absolute atomic E-state index is 9.30. The first-order chi connectivity index (χ1) is 8.06. The molecule has 0 radical (unpaired) electrons. The maximum Gasteiger partial charge on any atom is 0.115 e. The molecule has 2 aromatic carbocycles. The van der Waals surface area contributed by atoms with Crippen molar-refractivity contribution in [3.05, 3.63) is 53.6 Å². The molecule has 1 heteroatoms. The average molecular weight is 226 g/mol. The third kappa shape index (κ3) is 2.68. The summed E-state index contributed by atoms with van der Waals surface area (Å²) in [5.74, 6) is 0.844. The van der Waals surface area contributed by atoms with Crippen LogP contribution in [0, 0.1) is 6.92 Å². The lowest BCUT2D eigenvalue weighted by Crippen LogP contribution is -1.90. The first kappa shape index (κ1) is 11.7. The van der Waals surface area contributed by atoms with Crippen molar-refractivity contribution in [3.8, 4) is 16.9 Å². The van der Waals surface area contributed by atoms with Crippen LogP contribution in [-0.4, -0.2) is 5.11 Å². The normalized spacial score (nSPS) is 10.8. The van der Waals surface area contributed by atoms with E-state index >= 15 is 0 Å². The number of phenolic OH excluding ortho intramolecular Hbond substituents is 1. The Kier molecular flexibility index (Phi) is 3.19. The van der Waals surface area contributed by atoms with E-state index in [1.165, 1.54) is 16.7 Å². The van der Waals surface area contributed by atoms with Crippen LogP contribution < -0.4 is 0 Å². The van der Waals surface area contributed by atoms with Gasteiger partial charge in [-0.3, -0.25) is 0 Å². The molecule has 88 valence electrons. The van der Waals surface area contributed by atoms with Gasteiger partial charge in [-0.25, -0.2) is 0 Å². The Hall–Kier alpha value is -1.76. The molecule has 0 spiro atoms. The molecule has 1 N–H and O–H groups in total. The Morgan fingerprint density at radius 1 is 0.882 bits per heavy atom. The van der Waals surface area contributed by atoms with Gasteiger partial charge in [0.15, 0.2) is 0 Å². The Bertz CT molecular complexity index is 510. The summed E-state index contributed by atoms with van der Waals surface area (Å²) in [4.78, 5) is 0. The predicted octanol–water partition coefficient (Wildman–Crippen LogP) is 4.49. The summed E-state index contributed by atoms with van der Waals surface area (Å²) in [7, 11) is 0. The van der Waals surface area contributed by atoms with Crippen LogP contribution in [0.5, 0.6) is 5.75 Å². The molecule has 0 aromatic heterocycles. The van der Waals surface area contributed by atoms with E-state index < -0.39 is 0 Å². The Balaban J connectivity index is 2.48. The zero-order chi connectivity index (χ0) is 12.4. The van der Waals surface area contributed by atoms with E-state index in [9.17, 15) is 5.11 Å². The van der Waals surface area contributed by atoms with E-state index in [1.54, 1.807) is 12.1 Å². The van der Waals surface area contributed by atoms with Crippen LogP contribution in [0.1, 0.15) is 30.9 Å². The van der Waals surface area contributed by atoms with Crippen LogP contribution in [0.3, 0.4) is 0 Å². The third-order valence-electron chi connectivity index (χ3n) is 2.97. The maximum atomic E-state index is 9.30. The number of benzene rings is 2. The molecule has 0 heterocycles. The molecule has 0 aliphatic rings. The summed E-state index contributed by atoms with van der Waals surface area (Å²) in [6.45, 7) is 6.53. The van der Waals surface area contributed by atoms with Crippen molar-refractivity contribution in [2.45, 2.75) is 26.7 Å². The van der Waals surface area contributed by atoms with Gasteiger partial charge in [-0.15, -0.1) is 0 Å². The van der Waals surface area contributed by atoms with Gasteiger partial charge >= 0.3 is 0 Å². The number of aromatic hydroxyl groups is 1. The molecular formula is C16H18O. The monoisotopic (exact) mass is 226 g/mol. The van der Waals surface area contributed by atoms with Crippen molar-refractivity contribution < 1.29 is 5.11 Å². The zero-order valence-electron chi connectivity index (χ0n) is 10.6. The van der Waals surface area contributed by atoms with Gasteiger partial charge in [-0.2, -0.15) is 0 Å². The van der Waals surface area contributed by atoms with Gasteiger partial charge < -0.3 is 5.11 Å². The number of aryl methyl sites for hydroxylation is 1. The molecule has 0 saturated carbocycles. The summed E-state index contributed by atoms with van der Waals surface area (Å²) < 4.78 is 0. The number of phenols is 1. The first-order valence-corrected chi connectivity index (χ1v) is 5.97. The van der Waals surface area contributed by atoms with Gasteiger partial charge in [-0.05, 0) is 41.7 Å². The topological polar surface area (TPSA) is 20.2 Å². The number of rotatable bonds is 2. The van der Waals surface area contributed by atoms with Crippen molar-refractivity contribution in [1.82, 2.24) is 0 Å². The molecule has 0 bridgehead atoms. The molecule has 0 atom stereocenters. The summed E-state index contributed by atoms with van der Waals surface area (Å²) in [5.41, 5.74) is 4.99. The summed E-state index contributed by atoms with van der Waals surface area (Å²) in [6.07, 6.45) is 0. The Morgan fingerprint density at radius 2 is 1.53 bits per heavy atom. The Labute approximate surface area is 103 Å². The fourth-order valence-corrected chi connectivity index (χ4v) is 1.97. The third-order valence-corrected chi connectivity index (χ3v) is 2.97. The van der Waals surface area contributed by atoms with Crippen molar-refractivity contribution in [1.29, 1.82) is 0 Å². The second kappa shape index (κ2) is 4.62. The first-order valence-electron chi connectivity index (χ1n) is 5.97.